The predicted octanol–water partition coefficient (Wildman–Crippen LogP) is 12.4. The number of nitrogens with zero attached hydrogens (tertiary/aromatic N) is 2. The van der Waals surface area contributed by atoms with Crippen molar-refractivity contribution in [3.05, 3.63) is 188 Å². The summed E-state index contributed by atoms with van der Waals surface area (Å²) in [5, 5.41) is 8.30. The molecule has 2 aromatic heterocycles. The molecule has 0 spiro atoms. The second-order valence-electron chi connectivity index (χ2n) is 13.4. The van der Waals surface area contributed by atoms with Gasteiger partial charge in [0.2, 0.25) is 0 Å². The van der Waals surface area contributed by atoms with Gasteiger partial charge >= 0.3 is 0 Å². The molecule has 10 rings (SSSR count). The van der Waals surface area contributed by atoms with Crippen LogP contribution in [0.25, 0.3) is 66.1 Å². The van der Waals surface area contributed by atoms with E-state index >= 15 is 0 Å². The number of hydrogen-bond acceptors (Lipinski definition) is 3. The minimum atomic E-state index is 0.849. The second-order valence-corrected chi connectivity index (χ2v) is 13.4. The van der Waals surface area contributed by atoms with Crippen molar-refractivity contribution in [1.82, 2.24) is 9.88 Å². The van der Waals surface area contributed by atoms with Gasteiger partial charge in [-0.1, -0.05) is 103 Å². The van der Waals surface area contributed by atoms with E-state index in [1.165, 1.54) is 32.9 Å². The molecule has 7 aromatic carbocycles. The van der Waals surface area contributed by atoms with Gasteiger partial charge in [-0.3, -0.25) is 0 Å². The Kier molecular flexibility index (Phi) is 7.33. The number of nitrogens with one attached hydrogen (secondary N) is 1. The van der Waals surface area contributed by atoms with Crippen LogP contribution in [0, 0.1) is 0 Å². The van der Waals surface area contributed by atoms with Crippen molar-refractivity contribution in [2.24, 2.45) is 0 Å². The summed E-state index contributed by atoms with van der Waals surface area (Å²) in [5.41, 5.74) is 13.4. The van der Waals surface area contributed by atoms with Crippen LogP contribution in [-0.4, -0.2) is 17.7 Å². The molecular formula is C48H35N3O. The first-order valence-electron chi connectivity index (χ1n) is 17.9. The molecule has 4 heteroatoms. The summed E-state index contributed by atoms with van der Waals surface area (Å²) in [6.45, 7) is 1.74. The zero-order valence-electron chi connectivity index (χ0n) is 28.5. The minimum absolute atomic E-state index is 0.849. The summed E-state index contributed by atoms with van der Waals surface area (Å²) in [6, 6.07) is 58.8. The lowest BCUT2D eigenvalue weighted by atomic mass is 10.0. The summed E-state index contributed by atoms with van der Waals surface area (Å²) in [7, 11) is 0. The average molecular weight is 670 g/mol. The second kappa shape index (κ2) is 12.6. The molecular weight excluding hydrogens is 635 g/mol. The zero-order chi connectivity index (χ0) is 34.4. The molecule has 1 aliphatic heterocycles. The number of hydrogen-bond donors (Lipinski definition) is 1. The Morgan fingerprint density at radius 1 is 0.500 bits per heavy atom. The molecule has 0 bridgehead atoms. The molecule has 1 N–H and O–H groups in total. The van der Waals surface area contributed by atoms with Crippen molar-refractivity contribution in [3.63, 3.8) is 0 Å². The molecule has 0 radical (unpaired) electrons. The quantitative estimate of drug-likeness (QED) is 0.191. The van der Waals surface area contributed by atoms with E-state index in [-0.39, 0.29) is 0 Å². The number of anilines is 3. The van der Waals surface area contributed by atoms with Crippen LogP contribution < -0.4 is 10.2 Å². The summed E-state index contributed by atoms with van der Waals surface area (Å²) in [6.07, 6.45) is 6.51. The first-order valence-corrected chi connectivity index (χ1v) is 17.9. The van der Waals surface area contributed by atoms with Crippen molar-refractivity contribution >= 4 is 66.4 Å². The van der Waals surface area contributed by atoms with Gasteiger partial charge in [0.25, 0.3) is 0 Å². The standard InChI is InChI=1S/C48H35N3O/c1-4-13-45-41(10-1)42-11-2-5-14-46(42)51(45)40-27-25-39(26-28-40)50(38-23-18-34(19-24-38)36-9-7-8-30-49-32-36)37-21-16-33(17-22-37)35-20-29-44-43-12-3-6-15-47(43)52-48(44)31-35/h1-29,31,49H,30,32H2. The normalized spacial score (nSPS) is 13.2. The van der Waals surface area contributed by atoms with Gasteiger partial charge < -0.3 is 19.2 Å². The monoisotopic (exact) mass is 669 g/mol. The molecule has 52 heavy (non-hydrogen) atoms. The summed E-state index contributed by atoms with van der Waals surface area (Å²) in [5.74, 6) is 0. The number of aromatic nitrogens is 1. The smallest absolute Gasteiger partial charge is 0.136 e. The Bertz CT molecular complexity index is 2750. The highest BCUT2D eigenvalue weighted by Crippen LogP contribution is 2.39. The molecule has 0 atom stereocenters. The number of para-hydroxylation sites is 3. The number of allylic oxidation sites excluding steroid dienone is 2. The van der Waals surface area contributed by atoms with E-state index in [1.54, 1.807) is 0 Å². The van der Waals surface area contributed by atoms with E-state index in [9.17, 15) is 0 Å². The van der Waals surface area contributed by atoms with E-state index in [0.717, 1.165) is 68.9 Å². The van der Waals surface area contributed by atoms with Gasteiger partial charge in [-0.15, -0.1) is 0 Å². The first-order chi connectivity index (χ1) is 25.8. The van der Waals surface area contributed by atoms with Gasteiger partial charge in [-0.25, -0.2) is 0 Å². The fourth-order valence-corrected chi connectivity index (χ4v) is 7.73. The largest absolute Gasteiger partial charge is 0.456 e. The van der Waals surface area contributed by atoms with Crippen LogP contribution in [0.1, 0.15) is 5.56 Å². The Balaban J connectivity index is 1.04. The highest BCUT2D eigenvalue weighted by molar-refractivity contribution is 6.09. The molecule has 0 saturated heterocycles. The summed E-state index contributed by atoms with van der Waals surface area (Å²) >= 11 is 0. The third-order valence-corrected chi connectivity index (χ3v) is 10.3. The molecule has 3 heterocycles. The van der Waals surface area contributed by atoms with Crippen molar-refractivity contribution in [2.45, 2.75) is 0 Å². The number of benzene rings is 7. The molecule has 0 saturated carbocycles. The van der Waals surface area contributed by atoms with Gasteiger partial charge in [0, 0.05) is 57.4 Å². The lowest BCUT2D eigenvalue weighted by molar-refractivity contribution is 0.669. The van der Waals surface area contributed by atoms with Gasteiger partial charge in [-0.2, -0.15) is 0 Å². The lowest BCUT2D eigenvalue weighted by Crippen LogP contribution is -2.15. The fourth-order valence-electron chi connectivity index (χ4n) is 7.73. The van der Waals surface area contributed by atoms with Crippen molar-refractivity contribution in [1.29, 1.82) is 0 Å². The SMILES string of the molecule is C1=CCNCC(c2ccc(N(c3ccc(-c4ccc5c(c4)oc4ccccc45)cc3)c3ccc(-n4c5ccccc5c5ccccc54)cc3)cc2)=C1. The van der Waals surface area contributed by atoms with Crippen LogP contribution >= 0.6 is 0 Å². The van der Waals surface area contributed by atoms with E-state index in [4.69, 9.17) is 4.42 Å². The Labute approximate surface area is 302 Å². The molecule has 1 aliphatic rings. The minimum Gasteiger partial charge on any atom is -0.456 e. The first kappa shape index (κ1) is 30.2. The topological polar surface area (TPSA) is 33.3 Å². The van der Waals surface area contributed by atoms with Crippen LogP contribution in [0.2, 0.25) is 0 Å². The Hall–Kier alpha value is -6.62. The lowest BCUT2D eigenvalue weighted by Gasteiger charge is -2.26. The summed E-state index contributed by atoms with van der Waals surface area (Å²) < 4.78 is 8.58. The molecule has 0 unspecified atom stereocenters. The third kappa shape index (κ3) is 5.20. The maximum absolute atomic E-state index is 6.21. The molecule has 0 amide bonds. The van der Waals surface area contributed by atoms with Crippen molar-refractivity contribution in [2.75, 3.05) is 18.0 Å². The highest BCUT2D eigenvalue weighted by atomic mass is 16.3. The maximum atomic E-state index is 6.21. The molecule has 248 valence electrons. The van der Waals surface area contributed by atoms with Gasteiger partial charge in [-0.05, 0) is 101 Å². The highest BCUT2D eigenvalue weighted by Gasteiger charge is 2.16. The number of rotatable bonds is 6. The Morgan fingerprint density at radius 3 is 1.75 bits per heavy atom. The zero-order valence-corrected chi connectivity index (χ0v) is 28.5. The van der Waals surface area contributed by atoms with Crippen LogP contribution in [0.15, 0.2) is 186 Å². The fraction of sp³-hybridized carbons (Fsp3) is 0.0417. The van der Waals surface area contributed by atoms with Crippen molar-refractivity contribution in [3.8, 4) is 16.8 Å². The average Bonchev–Trinajstić information content (AvgIpc) is 3.61. The molecule has 4 nitrogen and oxygen atoms in total. The van der Waals surface area contributed by atoms with Gasteiger partial charge in [0.05, 0.1) is 11.0 Å². The van der Waals surface area contributed by atoms with Crippen LogP contribution in [-0.2, 0) is 0 Å². The Morgan fingerprint density at radius 2 is 1.06 bits per heavy atom. The molecule has 0 aliphatic carbocycles. The van der Waals surface area contributed by atoms with E-state index < -0.39 is 0 Å². The predicted molar refractivity (Wildman–Crippen MR) is 218 cm³/mol. The van der Waals surface area contributed by atoms with Crippen LogP contribution in [0.3, 0.4) is 0 Å². The number of furan rings is 1. The van der Waals surface area contributed by atoms with Gasteiger partial charge in [0.1, 0.15) is 11.2 Å². The summed E-state index contributed by atoms with van der Waals surface area (Å²) in [4.78, 5) is 2.34. The molecule has 9 aromatic rings. The van der Waals surface area contributed by atoms with Crippen LogP contribution in [0.4, 0.5) is 17.1 Å². The van der Waals surface area contributed by atoms with E-state index in [2.05, 4.69) is 185 Å². The molecule has 0 fully saturated rings. The van der Waals surface area contributed by atoms with E-state index in [1.807, 2.05) is 12.1 Å². The van der Waals surface area contributed by atoms with Crippen molar-refractivity contribution < 1.29 is 4.42 Å². The maximum Gasteiger partial charge on any atom is 0.136 e. The number of fused-ring (bicyclic) bond motifs is 6. The van der Waals surface area contributed by atoms with E-state index in [0.29, 0.717) is 0 Å². The third-order valence-electron chi connectivity index (χ3n) is 10.3. The van der Waals surface area contributed by atoms with Gasteiger partial charge in [0.15, 0.2) is 0 Å². The van der Waals surface area contributed by atoms with Crippen LogP contribution in [0.5, 0.6) is 0 Å².